The molecule has 0 spiro atoms. The summed E-state index contributed by atoms with van der Waals surface area (Å²) in [5.74, 6) is 0.883. The third-order valence-electron chi connectivity index (χ3n) is 7.22. The number of aromatic amines is 1. The Morgan fingerprint density at radius 3 is 2.24 bits per heavy atom. The number of fused-ring (bicyclic) bond motifs is 3. The Morgan fingerprint density at radius 1 is 0.760 bits per heavy atom. The fourth-order valence-corrected chi connectivity index (χ4v) is 6.16. The van der Waals surface area contributed by atoms with Crippen LogP contribution in [0.4, 0.5) is 0 Å². The van der Waals surface area contributed by atoms with Crippen LogP contribution in [-0.2, 0) is 5.41 Å². The molecule has 1 N–H and O–H groups in total. The van der Waals surface area contributed by atoms with Crippen molar-refractivity contribution in [2.24, 2.45) is 5.92 Å². The van der Waals surface area contributed by atoms with Crippen LogP contribution in [0.5, 0.6) is 0 Å². The highest BCUT2D eigenvalue weighted by Crippen LogP contribution is 2.55. The molecule has 4 aliphatic rings. The van der Waals surface area contributed by atoms with Gasteiger partial charge in [-0.3, -0.25) is 0 Å². The number of benzene rings is 1. The van der Waals surface area contributed by atoms with Gasteiger partial charge in [0.2, 0.25) is 0 Å². The molecule has 3 aliphatic carbocycles. The van der Waals surface area contributed by atoms with Crippen LogP contribution in [0.25, 0.3) is 22.0 Å². The quantitative estimate of drug-likeness (QED) is 0.484. The number of hydrogen-bond donors (Lipinski definition) is 1. The van der Waals surface area contributed by atoms with Gasteiger partial charge in [-0.05, 0) is 54.0 Å². The molecule has 1 nitrogen and oxygen atoms in total. The molecule has 1 heteroatoms. The number of pyridine rings is 1. The highest BCUT2D eigenvalue weighted by atomic mass is 14.7. The van der Waals surface area contributed by atoms with E-state index in [-0.39, 0.29) is 0 Å². The average molecular weight is 332 g/mol. The third-order valence-corrected chi connectivity index (χ3v) is 7.22. The van der Waals surface area contributed by atoms with Gasteiger partial charge in [0.15, 0.2) is 0 Å². The van der Waals surface area contributed by atoms with Crippen LogP contribution in [0.15, 0.2) is 42.6 Å². The van der Waals surface area contributed by atoms with E-state index in [1.807, 2.05) is 0 Å². The van der Waals surface area contributed by atoms with Crippen LogP contribution in [0.3, 0.4) is 0 Å². The maximum Gasteiger partial charge on any atom is 0.0504 e. The average Bonchev–Trinajstić information content (AvgIpc) is 3.24. The molecule has 0 saturated heterocycles. The van der Waals surface area contributed by atoms with Gasteiger partial charge in [-0.2, -0.15) is 0 Å². The minimum Gasteiger partial charge on any atom is -0.361 e. The molecule has 5 rings (SSSR count). The summed E-state index contributed by atoms with van der Waals surface area (Å²) < 4.78 is 0. The highest BCUT2D eigenvalue weighted by Gasteiger charge is 2.44. The van der Waals surface area contributed by atoms with E-state index in [2.05, 4.69) is 47.6 Å². The van der Waals surface area contributed by atoms with Crippen molar-refractivity contribution >= 4 is 10.8 Å². The van der Waals surface area contributed by atoms with Crippen molar-refractivity contribution < 1.29 is 0 Å². The molecule has 25 heavy (non-hydrogen) atoms. The number of nitrogens with one attached hydrogen (secondary N) is 1. The molecule has 1 heterocycles. The van der Waals surface area contributed by atoms with E-state index in [1.165, 1.54) is 86.2 Å². The Labute approximate surface area is 151 Å². The number of hydrogen-bond acceptors (Lipinski definition) is 0. The monoisotopic (exact) mass is 331 g/mol. The molecule has 0 unspecified atom stereocenters. The molecule has 0 atom stereocenters. The van der Waals surface area contributed by atoms with Crippen molar-refractivity contribution in [3.05, 3.63) is 48.2 Å². The van der Waals surface area contributed by atoms with Gasteiger partial charge in [-0.15, -0.1) is 0 Å². The first kappa shape index (κ1) is 15.5. The second-order valence-electron chi connectivity index (χ2n) is 8.43. The summed E-state index contributed by atoms with van der Waals surface area (Å²) in [7, 11) is 0. The Bertz CT molecular complexity index is 828. The second kappa shape index (κ2) is 6.20. The zero-order chi connectivity index (χ0) is 16.7. The smallest absolute Gasteiger partial charge is 0.0504 e. The molecular formula is C24H29N. The molecule has 2 fully saturated rings. The minimum absolute atomic E-state index is 0.395. The maximum atomic E-state index is 3.67. The fourth-order valence-electron chi connectivity index (χ4n) is 6.16. The lowest BCUT2D eigenvalue weighted by molar-refractivity contribution is 0.239. The van der Waals surface area contributed by atoms with Crippen molar-refractivity contribution in [2.45, 2.75) is 69.6 Å². The van der Waals surface area contributed by atoms with Gasteiger partial charge in [0.25, 0.3) is 0 Å². The molecule has 1 aromatic rings. The lowest BCUT2D eigenvalue weighted by atomic mass is 9.64. The Hall–Kier alpha value is -1.76. The summed E-state index contributed by atoms with van der Waals surface area (Å²) in [6.07, 6.45) is 16.3. The van der Waals surface area contributed by atoms with Crippen LogP contribution in [0, 0.1) is 5.92 Å². The Morgan fingerprint density at radius 2 is 1.48 bits per heavy atom. The summed E-state index contributed by atoms with van der Waals surface area (Å²) in [5.41, 5.74) is 4.92. The largest absolute Gasteiger partial charge is 0.361 e. The van der Waals surface area contributed by atoms with Crippen LogP contribution < -0.4 is 0 Å². The molecule has 0 radical (unpaired) electrons. The SMILES string of the molecule is c1c[nH]c2c(C3(C4CCCC4)CCCCCC3)c3ccccc3c-2c1. The molecule has 0 bridgehead atoms. The van der Waals surface area contributed by atoms with Crippen molar-refractivity contribution in [3.63, 3.8) is 0 Å². The van der Waals surface area contributed by atoms with E-state index in [0.29, 0.717) is 5.41 Å². The zero-order valence-electron chi connectivity index (χ0n) is 15.2. The van der Waals surface area contributed by atoms with Gasteiger partial charge >= 0.3 is 0 Å². The van der Waals surface area contributed by atoms with Gasteiger partial charge in [0.05, 0.1) is 5.69 Å². The fraction of sp³-hybridized carbons (Fsp3) is 0.500. The molecule has 0 aromatic heterocycles. The van der Waals surface area contributed by atoms with Crippen molar-refractivity contribution in [3.8, 4) is 11.3 Å². The van der Waals surface area contributed by atoms with E-state index in [9.17, 15) is 0 Å². The summed E-state index contributed by atoms with van der Waals surface area (Å²) >= 11 is 0. The first-order valence-corrected chi connectivity index (χ1v) is 10.4. The van der Waals surface area contributed by atoms with E-state index >= 15 is 0 Å². The lowest BCUT2D eigenvalue weighted by Crippen LogP contribution is -2.34. The number of aromatic nitrogens is 1. The van der Waals surface area contributed by atoms with Gasteiger partial charge in [-0.1, -0.05) is 68.9 Å². The highest BCUT2D eigenvalue weighted by molar-refractivity contribution is 6.05. The molecule has 1 aromatic carbocycles. The molecule has 1 aliphatic heterocycles. The van der Waals surface area contributed by atoms with E-state index < -0.39 is 0 Å². The van der Waals surface area contributed by atoms with E-state index in [0.717, 1.165) is 5.92 Å². The number of H-pyrrole nitrogens is 1. The summed E-state index contributed by atoms with van der Waals surface area (Å²) in [6.45, 7) is 0. The van der Waals surface area contributed by atoms with Crippen LogP contribution in [0.2, 0.25) is 0 Å². The topological polar surface area (TPSA) is 15.8 Å². The first-order chi connectivity index (χ1) is 12.4. The zero-order valence-corrected chi connectivity index (χ0v) is 15.2. The van der Waals surface area contributed by atoms with Crippen molar-refractivity contribution in [1.82, 2.24) is 4.98 Å². The van der Waals surface area contributed by atoms with Crippen LogP contribution in [0.1, 0.15) is 69.8 Å². The Kier molecular flexibility index (Phi) is 3.84. The summed E-state index contributed by atoms with van der Waals surface area (Å²) in [5, 5.41) is 2.97. The van der Waals surface area contributed by atoms with Gasteiger partial charge in [0, 0.05) is 17.2 Å². The minimum atomic E-state index is 0.395. The predicted molar refractivity (Wildman–Crippen MR) is 106 cm³/mol. The van der Waals surface area contributed by atoms with Crippen LogP contribution in [-0.4, -0.2) is 4.98 Å². The number of rotatable bonds is 2. The van der Waals surface area contributed by atoms with Gasteiger partial charge in [0.1, 0.15) is 0 Å². The summed E-state index contributed by atoms with van der Waals surface area (Å²) in [6, 6.07) is 13.6. The lowest BCUT2D eigenvalue weighted by Gasteiger charge is -2.40. The standard InChI is InChI=1S/C24H29N/c1-2-8-16-24(15-7-1,18-10-3-4-11-18)22-20-13-6-5-12-19(20)21-14-9-17-25-23(21)22/h5-6,9,12-14,17-18,25H,1-4,7-8,10-11,15-16H2. The summed E-state index contributed by atoms with van der Waals surface area (Å²) in [4.78, 5) is 3.67. The van der Waals surface area contributed by atoms with Crippen LogP contribution >= 0.6 is 0 Å². The Balaban J connectivity index is 1.80. The third kappa shape index (κ3) is 2.35. The van der Waals surface area contributed by atoms with Crippen molar-refractivity contribution in [1.29, 1.82) is 0 Å². The molecular weight excluding hydrogens is 302 g/mol. The normalized spacial score (nSPS) is 21.8. The van der Waals surface area contributed by atoms with Crippen molar-refractivity contribution in [2.75, 3.05) is 0 Å². The predicted octanol–water partition coefficient (Wildman–Crippen LogP) is 7.05. The molecule has 130 valence electrons. The first-order valence-electron chi connectivity index (χ1n) is 10.4. The second-order valence-corrected chi connectivity index (χ2v) is 8.43. The van der Waals surface area contributed by atoms with Gasteiger partial charge in [-0.25, -0.2) is 0 Å². The van der Waals surface area contributed by atoms with Gasteiger partial charge < -0.3 is 4.98 Å². The van der Waals surface area contributed by atoms with E-state index in [1.54, 1.807) is 5.56 Å². The molecule has 2 saturated carbocycles. The molecule has 0 amide bonds. The maximum absolute atomic E-state index is 3.67. The van der Waals surface area contributed by atoms with E-state index in [4.69, 9.17) is 0 Å².